The van der Waals surface area contributed by atoms with Crippen LogP contribution in [0.3, 0.4) is 0 Å². The van der Waals surface area contributed by atoms with Crippen LogP contribution in [0, 0.1) is 13.8 Å². The van der Waals surface area contributed by atoms with Crippen molar-refractivity contribution in [3.63, 3.8) is 0 Å². The van der Waals surface area contributed by atoms with Gasteiger partial charge in [-0.2, -0.15) is 0 Å². The Hall–Kier alpha value is 0.501. The van der Waals surface area contributed by atoms with Crippen molar-refractivity contribution in [2.75, 3.05) is 0 Å². The zero-order valence-electron chi connectivity index (χ0n) is 13.8. The molecule has 0 bridgehead atoms. The second kappa shape index (κ2) is 9.11. The van der Waals surface area contributed by atoms with E-state index in [1.807, 2.05) is 0 Å². The molecule has 1 unspecified atom stereocenters. The number of halogens is 3. The predicted molar refractivity (Wildman–Crippen MR) is 82.9 cm³/mol. The summed E-state index contributed by atoms with van der Waals surface area (Å²) in [5, 5.41) is 1.60. The zero-order valence-corrected chi connectivity index (χ0v) is 18.6. The molecule has 120 valence electrons. The maximum Gasteiger partial charge on any atom is -1.00 e. The largest absolute Gasteiger partial charge is 1.00 e. The van der Waals surface area contributed by atoms with E-state index in [2.05, 4.69) is 90.4 Å². The van der Waals surface area contributed by atoms with E-state index in [1.54, 1.807) is 5.20 Å². The first-order valence-electron chi connectivity index (χ1n) is 6.93. The van der Waals surface area contributed by atoms with Gasteiger partial charge in [0.15, 0.2) is 0 Å². The van der Waals surface area contributed by atoms with Crippen LogP contribution in [0.2, 0.25) is 23.4 Å². The summed E-state index contributed by atoms with van der Waals surface area (Å²) in [5.41, 5.74) is 4.23. The molecular weight excluding hydrogens is 386 g/mol. The fourth-order valence-corrected chi connectivity index (χ4v) is 4.63. The zero-order chi connectivity index (χ0) is 14.3. The Morgan fingerprint density at radius 1 is 1.00 bits per heavy atom. The number of hydrogen-bond donors (Lipinski definition) is 0. The molecule has 0 heterocycles. The van der Waals surface area contributed by atoms with Crippen LogP contribution in [0.15, 0.2) is 41.6 Å². The quantitative estimate of drug-likeness (QED) is 0.446. The molecule has 0 saturated heterocycles. The van der Waals surface area contributed by atoms with Crippen LogP contribution in [0.25, 0.3) is 0 Å². The second-order valence-electron chi connectivity index (χ2n) is 6.82. The van der Waals surface area contributed by atoms with E-state index in [9.17, 15) is 0 Å². The van der Waals surface area contributed by atoms with Crippen LogP contribution < -0.4 is 37.2 Å². The summed E-state index contributed by atoms with van der Waals surface area (Å²) < 4.78 is 0.206. The molecule has 1 atom stereocenters. The molecule has 0 saturated carbocycles. The Bertz CT molecular complexity index is 562. The molecular formula is C17H23Cl3SiTi. The van der Waals surface area contributed by atoms with Gasteiger partial charge in [0.25, 0.3) is 0 Å². The standard InChI is InChI=1S/C17H23Si.3ClH.Ti/c1-13-6-7-15(10-14(13)2)11-16-8-9-17(12-16)18(3,4)5;;;;/h6-10,12H,11H2,1-5H3;3*1H;/q;;;;+3/p-3. The third-order valence-corrected chi connectivity index (χ3v) is 6.71. The Labute approximate surface area is 166 Å². The normalized spacial score (nSPS) is 19.7. The summed E-state index contributed by atoms with van der Waals surface area (Å²) in [6.07, 6.45) is 8.38. The summed E-state index contributed by atoms with van der Waals surface area (Å²) in [5.74, 6) is 0. The third-order valence-electron chi connectivity index (χ3n) is 3.91. The van der Waals surface area contributed by atoms with Gasteiger partial charge in [0.2, 0.25) is 0 Å². The number of rotatable bonds is 3. The number of benzene rings is 1. The first-order valence-corrected chi connectivity index (χ1v) is 11.2. The van der Waals surface area contributed by atoms with Crippen LogP contribution in [0.1, 0.15) is 16.7 Å². The van der Waals surface area contributed by atoms with Gasteiger partial charge in [-0.3, -0.25) is 0 Å². The molecule has 1 aromatic rings. The van der Waals surface area contributed by atoms with E-state index in [0.29, 0.717) is 0 Å². The van der Waals surface area contributed by atoms with E-state index in [1.165, 1.54) is 16.7 Å². The van der Waals surface area contributed by atoms with Crippen molar-refractivity contribution < 1.29 is 57.7 Å². The van der Waals surface area contributed by atoms with Crippen molar-refractivity contribution in [1.29, 1.82) is 0 Å². The van der Waals surface area contributed by atoms with Gasteiger partial charge in [0, 0.05) is 0 Å². The van der Waals surface area contributed by atoms with E-state index < -0.39 is 8.07 Å². The molecule has 0 aliphatic heterocycles. The minimum atomic E-state index is -1.18. The molecule has 1 aromatic carbocycles. The van der Waals surface area contributed by atoms with E-state index >= 15 is 0 Å². The molecule has 0 fully saturated rings. The van der Waals surface area contributed by atoms with Crippen molar-refractivity contribution in [1.82, 2.24) is 0 Å². The maximum atomic E-state index is 2.51. The van der Waals surface area contributed by atoms with Gasteiger partial charge < -0.3 is 37.2 Å². The minimum Gasteiger partial charge on any atom is -1.00 e. The van der Waals surface area contributed by atoms with Crippen molar-refractivity contribution in [2.24, 2.45) is 0 Å². The average Bonchev–Trinajstić information content (AvgIpc) is 2.66. The van der Waals surface area contributed by atoms with Crippen LogP contribution in [0.5, 0.6) is 0 Å². The van der Waals surface area contributed by atoms with E-state index in [0.717, 1.165) is 6.42 Å². The van der Waals surface area contributed by atoms with Gasteiger partial charge in [-0.05, 0) is 0 Å². The van der Waals surface area contributed by atoms with Gasteiger partial charge in [-0.15, -0.1) is 0 Å². The van der Waals surface area contributed by atoms with Crippen molar-refractivity contribution in [3.05, 3.63) is 58.3 Å². The monoisotopic (exact) mass is 408 g/mol. The average molecular weight is 410 g/mol. The first kappa shape index (κ1) is 24.7. The molecule has 0 aromatic heterocycles. The summed E-state index contributed by atoms with van der Waals surface area (Å²) in [7, 11) is -1.18. The number of allylic oxidation sites excluding steroid dienone is 4. The number of hydrogen-bond acceptors (Lipinski definition) is 0. The fraction of sp³-hybridized carbons (Fsp3) is 0.412. The van der Waals surface area contributed by atoms with E-state index in [4.69, 9.17) is 0 Å². The molecule has 0 radical (unpaired) electrons. The van der Waals surface area contributed by atoms with Crippen molar-refractivity contribution in [3.8, 4) is 0 Å². The first-order chi connectivity index (χ1) is 8.70. The molecule has 0 spiro atoms. The topological polar surface area (TPSA) is 0 Å². The molecule has 2 rings (SSSR count). The van der Waals surface area contributed by atoms with Gasteiger partial charge in [-0.1, -0.05) is 0 Å². The molecule has 0 nitrogen and oxygen atoms in total. The van der Waals surface area contributed by atoms with Gasteiger partial charge in [0.05, 0.1) is 0 Å². The maximum absolute atomic E-state index is 2.51. The number of aryl methyl sites for hydroxylation is 2. The molecule has 0 N–H and O–H groups in total. The van der Waals surface area contributed by atoms with Crippen LogP contribution in [-0.4, -0.2) is 8.07 Å². The fourth-order valence-electron chi connectivity index (χ4n) is 2.44. The summed E-state index contributed by atoms with van der Waals surface area (Å²) in [6, 6.07) is 6.87. The molecule has 0 amide bonds. The van der Waals surface area contributed by atoms with Crippen LogP contribution in [0.4, 0.5) is 0 Å². The minimum absolute atomic E-state index is 0. The predicted octanol–water partition coefficient (Wildman–Crippen LogP) is -4.06. The van der Waals surface area contributed by atoms with Crippen molar-refractivity contribution in [2.45, 2.75) is 43.6 Å². The SMILES string of the molecule is Cc1ccc(C[C]2([Ti+3])C=CC([Si](C)(C)C)=C2)cc1C.[Cl-].[Cl-].[Cl-]. The smallest absolute Gasteiger partial charge is 1.00 e. The Morgan fingerprint density at radius 2 is 1.59 bits per heavy atom. The van der Waals surface area contributed by atoms with Gasteiger partial charge >= 0.3 is 130 Å². The van der Waals surface area contributed by atoms with Crippen LogP contribution in [-0.2, 0) is 26.9 Å². The van der Waals surface area contributed by atoms with Gasteiger partial charge in [-0.25, -0.2) is 0 Å². The second-order valence-corrected chi connectivity index (χ2v) is 13.3. The summed E-state index contributed by atoms with van der Waals surface area (Å²) in [4.78, 5) is 0. The molecule has 5 heteroatoms. The Balaban J connectivity index is 0. The molecule has 22 heavy (non-hydrogen) atoms. The van der Waals surface area contributed by atoms with E-state index in [-0.39, 0.29) is 40.9 Å². The molecule has 1 aliphatic carbocycles. The molecule has 1 aliphatic rings. The third kappa shape index (κ3) is 6.19. The summed E-state index contributed by atoms with van der Waals surface area (Å²) >= 11 is 2.35. The van der Waals surface area contributed by atoms with Crippen LogP contribution >= 0.6 is 0 Å². The Morgan fingerprint density at radius 3 is 2.05 bits per heavy atom. The Kier molecular flexibility index (Phi) is 10.2. The van der Waals surface area contributed by atoms with Gasteiger partial charge in [0.1, 0.15) is 0 Å². The van der Waals surface area contributed by atoms with Crippen molar-refractivity contribution >= 4 is 8.07 Å². The summed E-state index contributed by atoms with van der Waals surface area (Å²) in [6.45, 7) is 11.6.